The van der Waals surface area contributed by atoms with Crippen molar-refractivity contribution in [2.75, 3.05) is 7.11 Å². The van der Waals surface area contributed by atoms with Crippen molar-refractivity contribution in [3.8, 4) is 11.6 Å². The summed E-state index contributed by atoms with van der Waals surface area (Å²) in [5.74, 6) is 0.774. The van der Waals surface area contributed by atoms with E-state index >= 15 is 0 Å². The summed E-state index contributed by atoms with van der Waals surface area (Å²) in [6, 6.07) is 0. The summed E-state index contributed by atoms with van der Waals surface area (Å²) in [6.07, 6.45) is 2.32. The quantitative estimate of drug-likeness (QED) is 0.725. The maximum absolute atomic E-state index is 5.80. The van der Waals surface area contributed by atoms with Crippen molar-refractivity contribution >= 4 is 11.6 Å². The molecule has 0 radical (unpaired) electrons. The summed E-state index contributed by atoms with van der Waals surface area (Å²) in [4.78, 5) is 7.75. The fourth-order valence-electron chi connectivity index (χ4n) is 0.867. The first-order valence-electron chi connectivity index (χ1n) is 4.40. The summed E-state index contributed by atoms with van der Waals surface area (Å²) >= 11 is 5.80. The van der Waals surface area contributed by atoms with E-state index < -0.39 is 0 Å². The lowest BCUT2D eigenvalue weighted by atomic mass is 10.3. The number of ether oxygens (including phenoxy) is 2. The second-order valence-corrected chi connectivity index (χ2v) is 3.20. The fraction of sp³-hybridized carbons (Fsp3) is 0.556. The molecule has 0 saturated heterocycles. The molecule has 0 aliphatic carbocycles. The lowest BCUT2D eigenvalue weighted by molar-refractivity contribution is 0.198. The average Bonchev–Trinajstić information content (AvgIpc) is 2.18. The normalized spacial score (nSPS) is 12.3. The van der Waals surface area contributed by atoms with Gasteiger partial charge in [0.1, 0.15) is 6.33 Å². The third-order valence-corrected chi connectivity index (χ3v) is 2.09. The maximum Gasteiger partial charge on any atom is 0.262 e. The zero-order valence-electron chi connectivity index (χ0n) is 8.45. The van der Waals surface area contributed by atoms with Gasteiger partial charge in [0.2, 0.25) is 5.75 Å². The van der Waals surface area contributed by atoms with Gasteiger partial charge < -0.3 is 9.47 Å². The number of rotatable bonds is 4. The van der Waals surface area contributed by atoms with Gasteiger partial charge in [-0.15, -0.1) is 0 Å². The minimum absolute atomic E-state index is 0.0786. The zero-order valence-corrected chi connectivity index (χ0v) is 9.21. The van der Waals surface area contributed by atoms with E-state index in [0.717, 1.165) is 6.42 Å². The summed E-state index contributed by atoms with van der Waals surface area (Å²) in [7, 11) is 1.51. The van der Waals surface area contributed by atoms with Crippen LogP contribution in [0.4, 0.5) is 0 Å². The number of nitrogens with zero attached hydrogens (tertiary/aromatic N) is 2. The molecular formula is C9H13ClN2O2. The van der Waals surface area contributed by atoms with Crippen LogP contribution in [-0.2, 0) is 0 Å². The van der Waals surface area contributed by atoms with Crippen LogP contribution in [0.5, 0.6) is 11.6 Å². The summed E-state index contributed by atoms with van der Waals surface area (Å²) in [5.41, 5.74) is 0. The standard InChI is InChI=1S/C9H13ClN2O2/c1-4-6(2)14-9-7(13-3)8(10)11-5-12-9/h5-6H,4H2,1-3H3. The zero-order chi connectivity index (χ0) is 10.6. The Morgan fingerprint density at radius 1 is 1.50 bits per heavy atom. The highest BCUT2D eigenvalue weighted by atomic mass is 35.5. The average molecular weight is 217 g/mol. The Morgan fingerprint density at radius 2 is 2.21 bits per heavy atom. The lowest BCUT2D eigenvalue weighted by Crippen LogP contribution is -2.11. The second-order valence-electron chi connectivity index (χ2n) is 2.84. The number of methoxy groups -OCH3 is 1. The van der Waals surface area contributed by atoms with E-state index in [1.807, 2.05) is 13.8 Å². The second kappa shape index (κ2) is 5.00. The van der Waals surface area contributed by atoms with Gasteiger partial charge in [-0.2, -0.15) is 4.98 Å². The molecule has 78 valence electrons. The van der Waals surface area contributed by atoms with Gasteiger partial charge >= 0.3 is 0 Å². The third-order valence-electron chi connectivity index (χ3n) is 1.82. The molecule has 0 aromatic carbocycles. The van der Waals surface area contributed by atoms with Crippen LogP contribution >= 0.6 is 11.6 Å². The van der Waals surface area contributed by atoms with Crippen LogP contribution in [0, 0.1) is 0 Å². The van der Waals surface area contributed by atoms with Crippen LogP contribution in [0.25, 0.3) is 0 Å². The molecule has 1 unspecified atom stereocenters. The molecule has 14 heavy (non-hydrogen) atoms. The van der Waals surface area contributed by atoms with Crippen molar-refractivity contribution in [3.63, 3.8) is 0 Å². The van der Waals surface area contributed by atoms with Gasteiger partial charge in [0.05, 0.1) is 13.2 Å². The molecule has 5 heteroatoms. The van der Waals surface area contributed by atoms with Crippen molar-refractivity contribution in [1.29, 1.82) is 0 Å². The van der Waals surface area contributed by atoms with Gasteiger partial charge in [-0.1, -0.05) is 18.5 Å². The Kier molecular flexibility index (Phi) is 3.95. The van der Waals surface area contributed by atoms with Crippen molar-refractivity contribution in [3.05, 3.63) is 11.5 Å². The Hall–Kier alpha value is -1.03. The minimum Gasteiger partial charge on any atom is -0.489 e. The van der Waals surface area contributed by atoms with Crippen molar-refractivity contribution in [2.24, 2.45) is 0 Å². The van der Waals surface area contributed by atoms with Crippen LogP contribution in [0.2, 0.25) is 5.15 Å². The molecule has 0 bridgehead atoms. The monoisotopic (exact) mass is 216 g/mol. The lowest BCUT2D eigenvalue weighted by Gasteiger charge is -2.13. The minimum atomic E-state index is 0.0786. The number of hydrogen-bond donors (Lipinski definition) is 0. The first-order valence-corrected chi connectivity index (χ1v) is 4.78. The Morgan fingerprint density at radius 3 is 2.79 bits per heavy atom. The number of aromatic nitrogens is 2. The Bertz CT molecular complexity index is 307. The van der Waals surface area contributed by atoms with Gasteiger partial charge in [-0.3, -0.25) is 0 Å². The molecule has 1 heterocycles. The van der Waals surface area contributed by atoms with Gasteiger partial charge in [0.15, 0.2) is 5.15 Å². The van der Waals surface area contributed by atoms with Crippen LogP contribution < -0.4 is 9.47 Å². The first kappa shape index (κ1) is 11.0. The highest BCUT2D eigenvalue weighted by Crippen LogP contribution is 2.31. The predicted octanol–water partition coefficient (Wildman–Crippen LogP) is 2.32. The molecule has 0 N–H and O–H groups in total. The number of hydrogen-bond acceptors (Lipinski definition) is 4. The Balaban J connectivity index is 2.90. The first-order chi connectivity index (χ1) is 6.69. The van der Waals surface area contributed by atoms with E-state index in [-0.39, 0.29) is 11.3 Å². The molecule has 1 atom stereocenters. The van der Waals surface area contributed by atoms with Gasteiger partial charge in [-0.05, 0) is 13.3 Å². The van der Waals surface area contributed by atoms with Crippen molar-refractivity contribution < 1.29 is 9.47 Å². The molecule has 0 spiro atoms. The molecule has 4 nitrogen and oxygen atoms in total. The van der Waals surface area contributed by atoms with Crippen LogP contribution in [-0.4, -0.2) is 23.2 Å². The summed E-state index contributed by atoms with van der Waals surface area (Å²) < 4.78 is 10.5. The molecule has 0 amide bonds. The van der Waals surface area contributed by atoms with Crippen LogP contribution in [0.1, 0.15) is 20.3 Å². The Labute approximate surface area is 88.2 Å². The SMILES string of the molecule is CCC(C)Oc1ncnc(Cl)c1OC. The molecule has 1 aromatic heterocycles. The van der Waals surface area contributed by atoms with E-state index in [4.69, 9.17) is 21.1 Å². The topological polar surface area (TPSA) is 44.2 Å². The molecule has 1 aromatic rings. The molecule has 0 fully saturated rings. The summed E-state index contributed by atoms with van der Waals surface area (Å²) in [5, 5.41) is 0.265. The van der Waals surface area contributed by atoms with E-state index in [2.05, 4.69) is 9.97 Å². The molecule has 1 rings (SSSR count). The van der Waals surface area contributed by atoms with E-state index in [9.17, 15) is 0 Å². The van der Waals surface area contributed by atoms with Gasteiger partial charge in [-0.25, -0.2) is 4.98 Å². The van der Waals surface area contributed by atoms with Gasteiger partial charge in [0, 0.05) is 0 Å². The van der Waals surface area contributed by atoms with E-state index in [1.165, 1.54) is 13.4 Å². The number of halogens is 1. The molecule has 0 aliphatic heterocycles. The van der Waals surface area contributed by atoms with Gasteiger partial charge in [0.25, 0.3) is 5.88 Å². The van der Waals surface area contributed by atoms with E-state index in [0.29, 0.717) is 11.6 Å². The highest BCUT2D eigenvalue weighted by Gasteiger charge is 2.13. The van der Waals surface area contributed by atoms with E-state index in [1.54, 1.807) is 0 Å². The maximum atomic E-state index is 5.80. The molecule has 0 saturated carbocycles. The predicted molar refractivity (Wildman–Crippen MR) is 54.0 cm³/mol. The van der Waals surface area contributed by atoms with Crippen molar-refractivity contribution in [1.82, 2.24) is 9.97 Å². The molecule has 0 aliphatic rings. The van der Waals surface area contributed by atoms with Crippen LogP contribution in [0.15, 0.2) is 6.33 Å². The fourth-order valence-corrected chi connectivity index (χ4v) is 1.07. The van der Waals surface area contributed by atoms with Crippen LogP contribution in [0.3, 0.4) is 0 Å². The molecular weight excluding hydrogens is 204 g/mol. The summed E-state index contributed by atoms with van der Waals surface area (Å²) in [6.45, 7) is 3.98. The van der Waals surface area contributed by atoms with Crippen molar-refractivity contribution in [2.45, 2.75) is 26.4 Å². The smallest absolute Gasteiger partial charge is 0.262 e. The largest absolute Gasteiger partial charge is 0.489 e. The highest BCUT2D eigenvalue weighted by molar-refractivity contribution is 6.31. The third kappa shape index (κ3) is 2.48.